The molecule has 6 heteroatoms. The second-order valence-corrected chi connectivity index (χ2v) is 6.40. The summed E-state index contributed by atoms with van der Waals surface area (Å²) in [7, 11) is 0. The molecule has 0 aliphatic carbocycles. The van der Waals surface area contributed by atoms with Crippen molar-refractivity contribution >= 4 is 11.7 Å². The molecular weight excluding hydrogens is 302 g/mol. The van der Waals surface area contributed by atoms with E-state index in [2.05, 4.69) is 51.8 Å². The van der Waals surface area contributed by atoms with Crippen molar-refractivity contribution in [2.45, 2.75) is 38.9 Å². The lowest BCUT2D eigenvalue weighted by Gasteiger charge is -2.27. The van der Waals surface area contributed by atoms with Crippen molar-refractivity contribution < 1.29 is 4.79 Å². The van der Waals surface area contributed by atoms with Crippen LogP contribution >= 0.6 is 0 Å². The van der Waals surface area contributed by atoms with Crippen LogP contribution in [0.5, 0.6) is 0 Å². The van der Waals surface area contributed by atoms with E-state index >= 15 is 0 Å². The molecule has 0 saturated carbocycles. The van der Waals surface area contributed by atoms with E-state index in [0.29, 0.717) is 13.1 Å². The predicted molar refractivity (Wildman–Crippen MR) is 95.2 cm³/mol. The van der Waals surface area contributed by atoms with E-state index in [1.54, 1.807) is 6.20 Å². The number of amides is 2. The van der Waals surface area contributed by atoms with Crippen LogP contribution in [0.2, 0.25) is 0 Å². The Hall–Kier alpha value is -2.50. The number of hydrogen-bond acceptors (Lipinski definition) is 3. The molecule has 2 atom stereocenters. The predicted octanol–water partition coefficient (Wildman–Crippen LogP) is 2.02. The maximum absolute atomic E-state index is 12.1. The molecular formula is C18H25N5O. The van der Waals surface area contributed by atoms with Gasteiger partial charge in [0.2, 0.25) is 0 Å². The highest BCUT2D eigenvalue weighted by molar-refractivity contribution is 5.74. The van der Waals surface area contributed by atoms with Crippen LogP contribution in [0.4, 0.5) is 10.5 Å². The molecule has 0 bridgehead atoms. The Kier molecular flexibility index (Phi) is 5.03. The van der Waals surface area contributed by atoms with Crippen molar-refractivity contribution in [2.75, 3.05) is 18.0 Å². The summed E-state index contributed by atoms with van der Waals surface area (Å²) in [4.78, 5) is 14.4. The highest BCUT2D eigenvalue weighted by Gasteiger charge is 2.23. The fraction of sp³-hybridized carbons (Fsp3) is 0.444. The van der Waals surface area contributed by atoms with Crippen molar-refractivity contribution in [1.29, 1.82) is 0 Å². The van der Waals surface area contributed by atoms with Gasteiger partial charge >= 0.3 is 6.03 Å². The van der Waals surface area contributed by atoms with Crippen LogP contribution in [-0.4, -0.2) is 41.0 Å². The zero-order valence-corrected chi connectivity index (χ0v) is 14.3. The van der Waals surface area contributed by atoms with Crippen LogP contribution in [0.15, 0.2) is 42.7 Å². The van der Waals surface area contributed by atoms with Crippen molar-refractivity contribution in [3.8, 4) is 0 Å². The maximum Gasteiger partial charge on any atom is 0.315 e. The molecule has 1 aliphatic heterocycles. The van der Waals surface area contributed by atoms with E-state index < -0.39 is 0 Å². The molecule has 2 aromatic rings. The zero-order chi connectivity index (χ0) is 16.9. The fourth-order valence-corrected chi connectivity index (χ4v) is 3.18. The number of aromatic nitrogens is 2. The van der Waals surface area contributed by atoms with Crippen LogP contribution in [0.1, 0.15) is 19.4 Å². The Balaban J connectivity index is 1.44. The van der Waals surface area contributed by atoms with E-state index in [1.165, 1.54) is 11.3 Å². The third kappa shape index (κ3) is 3.88. The molecule has 2 amide bonds. The van der Waals surface area contributed by atoms with Gasteiger partial charge in [-0.05, 0) is 38.0 Å². The smallest absolute Gasteiger partial charge is 0.315 e. The average Bonchev–Trinajstić information content (AvgIpc) is 3.21. The number of fused-ring (bicyclic) bond motifs is 1. The standard InChI is InChI=1S/C18H25N5O/c1-14(13-22-10-5-9-20-22)21-18(24)19-12-15(2)23-11-8-16-6-3-4-7-17(16)23/h3-7,9-10,14-15H,8,11-13H2,1-2H3,(H2,19,21,24)/t14-,15+/m1/s1. The first-order chi connectivity index (χ1) is 11.6. The van der Waals surface area contributed by atoms with E-state index in [0.717, 1.165) is 13.0 Å². The topological polar surface area (TPSA) is 62.2 Å². The molecule has 0 saturated heterocycles. The molecule has 0 unspecified atom stereocenters. The summed E-state index contributed by atoms with van der Waals surface area (Å²) < 4.78 is 1.81. The lowest BCUT2D eigenvalue weighted by molar-refractivity contribution is 0.235. The number of nitrogens with one attached hydrogen (secondary N) is 2. The highest BCUT2D eigenvalue weighted by atomic mass is 16.2. The third-order valence-electron chi connectivity index (χ3n) is 4.41. The molecule has 0 spiro atoms. The first kappa shape index (κ1) is 16.4. The first-order valence-corrected chi connectivity index (χ1v) is 8.50. The largest absolute Gasteiger partial charge is 0.366 e. The summed E-state index contributed by atoms with van der Waals surface area (Å²) in [5.74, 6) is 0. The van der Waals surface area contributed by atoms with Crippen LogP contribution in [-0.2, 0) is 13.0 Å². The number of para-hydroxylation sites is 1. The second-order valence-electron chi connectivity index (χ2n) is 6.40. The normalized spacial score (nSPS) is 15.7. The van der Waals surface area contributed by atoms with E-state index in [4.69, 9.17) is 0 Å². The Morgan fingerprint density at radius 2 is 2.12 bits per heavy atom. The zero-order valence-electron chi connectivity index (χ0n) is 14.3. The van der Waals surface area contributed by atoms with Crippen molar-refractivity contribution in [2.24, 2.45) is 0 Å². The van der Waals surface area contributed by atoms with Crippen LogP contribution in [0, 0.1) is 0 Å². The van der Waals surface area contributed by atoms with Gasteiger partial charge in [-0.1, -0.05) is 18.2 Å². The van der Waals surface area contributed by atoms with Gasteiger partial charge in [-0.2, -0.15) is 5.10 Å². The van der Waals surface area contributed by atoms with E-state index in [1.807, 2.05) is 23.9 Å². The Morgan fingerprint density at radius 3 is 2.92 bits per heavy atom. The quantitative estimate of drug-likeness (QED) is 0.853. The molecule has 2 N–H and O–H groups in total. The van der Waals surface area contributed by atoms with Gasteiger partial charge in [-0.3, -0.25) is 4.68 Å². The molecule has 0 fully saturated rings. The number of nitrogens with zero attached hydrogens (tertiary/aromatic N) is 3. The number of rotatable bonds is 6. The minimum absolute atomic E-state index is 0.0210. The van der Waals surface area contributed by atoms with Crippen LogP contribution in [0.3, 0.4) is 0 Å². The van der Waals surface area contributed by atoms with Gasteiger partial charge in [-0.25, -0.2) is 4.79 Å². The third-order valence-corrected chi connectivity index (χ3v) is 4.41. The Labute approximate surface area is 142 Å². The maximum atomic E-state index is 12.1. The van der Waals surface area contributed by atoms with Gasteiger partial charge in [0.1, 0.15) is 0 Å². The van der Waals surface area contributed by atoms with Crippen LogP contribution < -0.4 is 15.5 Å². The minimum Gasteiger partial charge on any atom is -0.366 e. The van der Waals surface area contributed by atoms with Gasteiger partial charge in [0.25, 0.3) is 0 Å². The van der Waals surface area contributed by atoms with Gasteiger partial charge in [0, 0.05) is 43.3 Å². The van der Waals surface area contributed by atoms with Crippen molar-refractivity contribution in [1.82, 2.24) is 20.4 Å². The summed E-state index contributed by atoms with van der Waals surface area (Å²) in [6.07, 6.45) is 4.71. The van der Waals surface area contributed by atoms with Gasteiger partial charge in [0.05, 0.1) is 6.54 Å². The van der Waals surface area contributed by atoms with E-state index in [-0.39, 0.29) is 18.1 Å². The number of urea groups is 1. The number of benzene rings is 1. The molecule has 2 heterocycles. The lowest BCUT2D eigenvalue weighted by atomic mass is 10.2. The summed E-state index contributed by atoms with van der Waals surface area (Å²) in [6, 6.07) is 10.5. The summed E-state index contributed by atoms with van der Waals surface area (Å²) in [5.41, 5.74) is 2.68. The molecule has 6 nitrogen and oxygen atoms in total. The Bertz CT molecular complexity index is 670. The second kappa shape index (κ2) is 7.38. The lowest BCUT2D eigenvalue weighted by Crippen LogP contribution is -2.47. The SMILES string of the molecule is C[C@H](Cn1cccn1)NC(=O)NC[C@H](C)N1CCc2ccccc21. The number of carbonyl (C=O) groups excluding carboxylic acids is 1. The number of carbonyl (C=O) groups is 1. The average molecular weight is 327 g/mol. The van der Waals surface area contributed by atoms with Crippen LogP contribution in [0.25, 0.3) is 0 Å². The summed E-state index contributed by atoms with van der Waals surface area (Å²) >= 11 is 0. The van der Waals surface area contributed by atoms with Gasteiger partial charge in [-0.15, -0.1) is 0 Å². The number of hydrogen-bond donors (Lipinski definition) is 2. The minimum atomic E-state index is -0.131. The van der Waals surface area contributed by atoms with Gasteiger partial charge < -0.3 is 15.5 Å². The molecule has 1 aromatic heterocycles. The molecule has 1 aliphatic rings. The highest BCUT2D eigenvalue weighted by Crippen LogP contribution is 2.28. The summed E-state index contributed by atoms with van der Waals surface area (Å²) in [5, 5.41) is 10.1. The molecule has 24 heavy (non-hydrogen) atoms. The van der Waals surface area contributed by atoms with Gasteiger partial charge in [0.15, 0.2) is 0 Å². The van der Waals surface area contributed by atoms with E-state index in [9.17, 15) is 4.79 Å². The fourth-order valence-electron chi connectivity index (χ4n) is 3.18. The van der Waals surface area contributed by atoms with Crippen molar-refractivity contribution in [3.05, 3.63) is 48.3 Å². The monoisotopic (exact) mass is 327 g/mol. The van der Waals surface area contributed by atoms with Crippen molar-refractivity contribution in [3.63, 3.8) is 0 Å². The summed E-state index contributed by atoms with van der Waals surface area (Å²) in [6.45, 7) is 6.42. The number of anilines is 1. The molecule has 1 aromatic carbocycles. The molecule has 3 rings (SSSR count). The molecule has 128 valence electrons. The first-order valence-electron chi connectivity index (χ1n) is 8.50. The molecule has 0 radical (unpaired) electrons. The Morgan fingerprint density at radius 1 is 1.29 bits per heavy atom.